The lowest BCUT2D eigenvalue weighted by Gasteiger charge is -2.31. The molecule has 2 aliphatic rings. The van der Waals surface area contributed by atoms with Gasteiger partial charge in [-0.25, -0.2) is 4.79 Å². The molecule has 1 N–H and O–H groups in total. The van der Waals surface area contributed by atoms with E-state index in [0.29, 0.717) is 54.6 Å². The zero-order valence-electron chi connectivity index (χ0n) is 16.8. The van der Waals surface area contributed by atoms with Gasteiger partial charge in [-0.2, -0.15) is 0 Å². The lowest BCUT2D eigenvalue weighted by Crippen LogP contribution is -2.37. The lowest BCUT2D eigenvalue weighted by molar-refractivity contribution is -0.109. The number of aldehydes is 1. The molecule has 0 spiro atoms. The van der Waals surface area contributed by atoms with Crippen LogP contribution in [0.25, 0.3) is 0 Å². The van der Waals surface area contributed by atoms with Crippen LogP contribution in [0.4, 0.5) is 5.69 Å². The average molecular weight is 389 g/mol. The number of phenols is 1. The molecule has 0 bridgehead atoms. The molecular weight excluding hydrogens is 362 g/mol. The Kier molecular flexibility index (Phi) is 5.93. The van der Waals surface area contributed by atoms with E-state index in [1.54, 1.807) is 13.0 Å². The molecule has 0 aliphatic carbocycles. The largest absolute Gasteiger partial charge is 0.507 e. The summed E-state index contributed by atoms with van der Waals surface area (Å²) in [5.41, 5.74) is 2.15. The molecule has 28 heavy (non-hydrogen) atoms. The molecule has 2 aliphatic heterocycles. The van der Waals surface area contributed by atoms with Crippen molar-refractivity contribution in [2.75, 3.05) is 31.2 Å². The van der Waals surface area contributed by atoms with E-state index in [1.165, 1.54) is 0 Å². The first-order valence-corrected chi connectivity index (χ1v) is 9.54. The number of hydrogen-bond donors (Lipinski definition) is 1. The Morgan fingerprint density at radius 3 is 2.64 bits per heavy atom. The summed E-state index contributed by atoms with van der Waals surface area (Å²) in [5.74, 6) is 0.0645. The van der Waals surface area contributed by atoms with Crippen molar-refractivity contribution in [1.29, 1.82) is 0 Å². The number of hydrogen-bond acceptors (Lipinski definition) is 7. The molecule has 1 fully saturated rings. The molecule has 0 amide bonds. The highest BCUT2D eigenvalue weighted by Gasteiger charge is 2.37. The number of allylic oxidation sites excluding steroid dienone is 1. The zero-order chi connectivity index (χ0) is 20.4. The topological polar surface area (TPSA) is 85.3 Å². The number of aromatic hydroxyl groups is 1. The summed E-state index contributed by atoms with van der Waals surface area (Å²) in [5, 5.41) is 10.5. The number of carbonyl (C=O) groups excluding carboxylic acids is 2. The number of carbonyl (C=O) groups is 2. The SMILES string of the molecule is CC(C)=C1OC(=O)c2c(N3CCOCC3)cc(O)c(C)c2OC1C(C)CC=O. The van der Waals surface area contributed by atoms with Crippen molar-refractivity contribution in [1.82, 2.24) is 0 Å². The van der Waals surface area contributed by atoms with E-state index < -0.39 is 12.1 Å². The van der Waals surface area contributed by atoms with Crippen LogP contribution >= 0.6 is 0 Å². The number of esters is 1. The molecule has 2 unspecified atom stereocenters. The van der Waals surface area contributed by atoms with Crippen molar-refractivity contribution in [2.45, 2.75) is 40.2 Å². The second-order valence-electron chi connectivity index (χ2n) is 7.52. The summed E-state index contributed by atoms with van der Waals surface area (Å²) in [4.78, 5) is 26.2. The fourth-order valence-corrected chi connectivity index (χ4v) is 3.55. The van der Waals surface area contributed by atoms with E-state index in [4.69, 9.17) is 14.2 Å². The molecule has 152 valence electrons. The Morgan fingerprint density at radius 1 is 1.36 bits per heavy atom. The first-order chi connectivity index (χ1) is 13.3. The molecule has 2 heterocycles. The van der Waals surface area contributed by atoms with Gasteiger partial charge in [-0.1, -0.05) is 6.92 Å². The van der Waals surface area contributed by atoms with Gasteiger partial charge in [-0.05, 0) is 26.3 Å². The zero-order valence-corrected chi connectivity index (χ0v) is 16.8. The average Bonchev–Trinajstić information content (AvgIpc) is 2.83. The summed E-state index contributed by atoms with van der Waals surface area (Å²) in [6, 6.07) is 1.58. The smallest absolute Gasteiger partial charge is 0.349 e. The quantitative estimate of drug-likeness (QED) is 0.626. The van der Waals surface area contributed by atoms with E-state index in [1.807, 2.05) is 25.7 Å². The van der Waals surface area contributed by atoms with Crippen LogP contribution in [0.5, 0.6) is 11.5 Å². The molecule has 0 saturated carbocycles. The number of fused-ring (bicyclic) bond motifs is 1. The third-order valence-electron chi connectivity index (χ3n) is 5.22. The molecular formula is C21H27NO6. The minimum absolute atomic E-state index is 0.0514. The van der Waals surface area contributed by atoms with Crippen LogP contribution in [-0.4, -0.2) is 49.8 Å². The maximum absolute atomic E-state index is 13.1. The van der Waals surface area contributed by atoms with Gasteiger partial charge >= 0.3 is 5.97 Å². The minimum atomic E-state index is -0.599. The van der Waals surface area contributed by atoms with Gasteiger partial charge in [0.05, 0.1) is 18.9 Å². The van der Waals surface area contributed by atoms with E-state index in [9.17, 15) is 14.7 Å². The summed E-state index contributed by atoms with van der Waals surface area (Å²) in [7, 11) is 0. The highest BCUT2D eigenvalue weighted by Crippen LogP contribution is 2.43. The normalized spacial score (nSPS) is 20.6. The predicted octanol–water partition coefficient (Wildman–Crippen LogP) is 2.97. The third kappa shape index (κ3) is 3.71. The standard InChI is InChI=1S/C21H27NO6/c1-12(2)18-19(13(3)5-8-23)27-20-14(4)16(24)11-15(17(20)21(25)28-18)22-6-9-26-10-7-22/h8,11,13,19,24H,5-7,9-10H2,1-4H3. The number of cyclic esters (lactones) is 1. The van der Waals surface area contributed by atoms with Crippen molar-refractivity contribution in [3.63, 3.8) is 0 Å². The molecule has 1 aromatic rings. The van der Waals surface area contributed by atoms with Crippen molar-refractivity contribution < 1.29 is 28.9 Å². The van der Waals surface area contributed by atoms with Crippen LogP contribution < -0.4 is 9.64 Å². The molecule has 0 radical (unpaired) electrons. The molecule has 2 atom stereocenters. The van der Waals surface area contributed by atoms with Crippen LogP contribution in [0.2, 0.25) is 0 Å². The van der Waals surface area contributed by atoms with E-state index in [-0.39, 0.29) is 18.1 Å². The van der Waals surface area contributed by atoms with Crippen LogP contribution in [0.15, 0.2) is 17.4 Å². The minimum Gasteiger partial charge on any atom is -0.507 e. The van der Waals surface area contributed by atoms with Gasteiger partial charge in [-0.15, -0.1) is 0 Å². The van der Waals surface area contributed by atoms with Gasteiger partial charge in [-0.3, -0.25) is 0 Å². The summed E-state index contributed by atoms with van der Waals surface area (Å²) >= 11 is 0. The maximum atomic E-state index is 13.1. The van der Waals surface area contributed by atoms with E-state index in [2.05, 4.69) is 0 Å². The van der Waals surface area contributed by atoms with Gasteiger partial charge in [0, 0.05) is 37.1 Å². The number of rotatable bonds is 4. The third-order valence-corrected chi connectivity index (χ3v) is 5.22. The first kappa shape index (κ1) is 20.2. The van der Waals surface area contributed by atoms with Gasteiger partial charge < -0.3 is 29.0 Å². The number of phenolic OH excluding ortho intramolecular Hbond substituents is 1. The van der Waals surface area contributed by atoms with Gasteiger partial charge in [0.2, 0.25) is 0 Å². The van der Waals surface area contributed by atoms with Crippen molar-refractivity contribution in [3.8, 4) is 11.5 Å². The summed E-state index contributed by atoms with van der Waals surface area (Å²) in [6.07, 6.45) is 0.500. The highest BCUT2D eigenvalue weighted by atomic mass is 16.6. The highest BCUT2D eigenvalue weighted by molar-refractivity contribution is 6.01. The van der Waals surface area contributed by atoms with Gasteiger partial charge in [0.15, 0.2) is 6.10 Å². The van der Waals surface area contributed by atoms with Crippen molar-refractivity contribution >= 4 is 17.9 Å². The second kappa shape index (κ2) is 8.22. The number of anilines is 1. The molecule has 0 aromatic heterocycles. The fourth-order valence-electron chi connectivity index (χ4n) is 3.55. The maximum Gasteiger partial charge on any atom is 0.349 e. The van der Waals surface area contributed by atoms with Gasteiger partial charge in [0.1, 0.15) is 29.1 Å². The second-order valence-corrected chi connectivity index (χ2v) is 7.52. The molecule has 1 aromatic carbocycles. The van der Waals surface area contributed by atoms with Crippen molar-refractivity contribution in [2.24, 2.45) is 5.92 Å². The summed E-state index contributed by atoms with van der Waals surface area (Å²) < 4.78 is 17.4. The van der Waals surface area contributed by atoms with Gasteiger partial charge in [0.25, 0.3) is 0 Å². The van der Waals surface area contributed by atoms with E-state index >= 15 is 0 Å². The monoisotopic (exact) mass is 389 g/mol. The number of benzene rings is 1. The fraction of sp³-hybridized carbons (Fsp3) is 0.524. The molecule has 7 heteroatoms. The lowest BCUT2D eigenvalue weighted by atomic mass is 9.97. The Bertz CT molecular complexity index is 806. The van der Waals surface area contributed by atoms with Crippen LogP contribution in [0.1, 0.15) is 43.1 Å². The van der Waals surface area contributed by atoms with Crippen LogP contribution in [-0.2, 0) is 14.3 Å². The Hall–Kier alpha value is -2.54. The van der Waals surface area contributed by atoms with E-state index in [0.717, 1.165) is 11.9 Å². The summed E-state index contributed by atoms with van der Waals surface area (Å²) in [6.45, 7) is 9.55. The number of nitrogens with zero attached hydrogens (tertiary/aromatic N) is 1. The first-order valence-electron chi connectivity index (χ1n) is 9.54. The molecule has 3 rings (SSSR count). The number of morpholine rings is 1. The van der Waals surface area contributed by atoms with Crippen LogP contribution in [0.3, 0.4) is 0 Å². The Balaban J connectivity index is 2.16. The molecule has 7 nitrogen and oxygen atoms in total. The van der Waals surface area contributed by atoms with Crippen LogP contribution in [0, 0.1) is 12.8 Å². The van der Waals surface area contributed by atoms with Crippen molar-refractivity contribution in [3.05, 3.63) is 28.5 Å². The Labute approximate surface area is 164 Å². The molecule has 1 saturated heterocycles. The number of ether oxygens (including phenoxy) is 3. The predicted molar refractivity (Wildman–Crippen MR) is 104 cm³/mol. The Morgan fingerprint density at radius 2 is 2.04 bits per heavy atom.